The minimum atomic E-state index is 0.176. The fourth-order valence-corrected chi connectivity index (χ4v) is 5.12. The van der Waals surface area contributed by atoms with Crippen molar-refractivity contribution in [2.24, 2.45) is 11.8 Å². The van der Waals surface area contributed by atoms with Gasteiger partial charge in [0.2, 0.25) is 5.95 Å². The number of hydrogen-bond acceptors (Lipinski definition) is 6. The van der Waals surface area contributed by atoms with Crippen LogP contribution < -0.4 is 4.90 Å². The normalized spacial score (nSPS) is 22.0. The van der Waals surface area contributed by atoms with Crippen LogP contribution in [0.1, 0.15) is 41.4 Å². The standard InChI is InChI=1S/C20H26N4OS/c1-15(25)19-11-16(14-26-19)12-23-8-3-18(13-23)17-4-9-24(10-5-17)20-21-6-2-7-22-20/h2,6-7,11,14,17-18H,3-5,8-10,12-13H2,1H3/t18-/m0/s1. The smallest absolute Gasteiger partial charge is 0.225 e. The van der Waals surface area contributed by atoms with E-state index in [4.69, 9.17) is 0 Å². The number of carbonyl (C=O) groups is 1. The number of piperidine rings is 1. The molecule has 2 aliphatic heterocycles. The van der Waals surface area contributed by atoms with Crippen LogP contribution in [0, 0.1) is 11.8 Å². The Morgan fingerprint density at radius 3 is 2.58 bits per heavy atom. The predicted molar refractivity (Wildman–Crippen MR) is 105 cm³/mol. The van der Waals surface area contributed by atoms with Gasteiger partial charge in [-0.3, -0.25) is 9.69 Å². The van der Waals surface area contributed by atoms with E-state index >= 15 is 0 Å². The van der Waals surface area contributed by atoms with Gasteiger partial charge in [0, 0.05) is 38.6 Å². The average molecular weight is 371 g/mol. The van der Waals surface area contributed by atoms with Crippen molar-refractivity contribution in [3.05, 3.63) is 40.3 Å². The minimum Gasteiger partial charge on any atom is -0.341 e. The minimum absolute atomic E-state index is 0.176. The molecule has 0 saturated carbocycles. The van der Waals surface area contributed by atoms with Crippen LogP contribution in [0.15, 0.2) is 29.9 Å². The number of thiophene rings is 1. The molecule has 1 atom stereocenters. The molecule has 2 saturated heterocycles. The molecule has 2 fully saturated rings. The summed E-state index contributed by atoms with van der Waals surface area (Å²) >= 11 is 1.57. The Labute approximate surface area is 159 Å². The van der Waals surface area contributed by atoms with Gasteiger partial charge in [-0.25, -0.2) is 9.97 Å². The van der Waals surface area contributed by atoms with Gasteiger partial charge in [0.1, 0.15) is 0 Å². The molecule has 26 heavy (non-hydrogen) atoms. The molecule has 5 nitrogen and oxygen atoms in total. The Balaban J connectivity index is 1.27. The van der Waals surface area contributed by atoms with Gasteiger partial charge >= 0.3 is 0 Å². The molecule has 4 rings (SSSR count). The van der Waals surface area contributed by atoms with Gasteiger partial charge in [0.25, 0.3) is 0 Å². The number of carbonyl (C=O) groups excluding carboxylic acids is 1. The predicted octanol–water partition coefficient (Wildman–Crippen LogP) is 3.48. The fraction of sp³-hybridized carbons (Fsp3) is 0.550. The van der Waals surface area contributed by atoms with Crippen molar-refractivity contribution < 1.29 is 4.79 Å². The zero-order chi connectivity index (χ0) is 17.9. The quantitative estimate of drug-likeness (QED) is 0.754. The second-order valence-corrected chi connectivity index (χ2v) is 8.44. The molecular formula is C20H26N4OS. The van der Waals surface area contributed by atoms with Crippen molar-refractivity contribution in [3.63, 3.8) is 0 Å². The van der Waals surface area contributed by atoms with Crippen LogP contribution in [0.2, 0.25) is 0 Å². The van der Waals surface area contributed by atoms with Crippen molar-refractivity contribution in [2.75, 3.05) is 31.1 Å². The summed E-state index contributed by atoms with van der Waals surface area (Å²) in [6.07, 6.45) is 7.43. The first kappa shape index (κ1) is 17.6. The van der Waals surface area contributed by atoms with Gasteiger partial charge < -0.3 is 4.90 Å². The third-order valence-corrected chi connectivity index (χ3v) is 6.84. The Bertz CT molecular complexity index is 739. The van der Waals surface area contributed by atoms with Crippen LogP contribution in [-0.2, 0) is 6.54 Å². The summed E-state index contributed by atoms with van der Waals surface area (Å²) in [5.41, 5.74) is 1.29. The summed E-state index contributed by atoms with van der Waals surface area (Å²) in [6.45, 7) is 7.14. The van der Waals surface area contributed by atoms with E-state index in [1.54, 1.807) is 18.3 Å². The molecule has 0 bridgehead atoms. The molecule has 2 aromatic heterocycles. The topological polar surface area (TPSA) is 49.3 Å². The zero-order valence-electron chi connectivity index (χ0n) is 15.3. The number of hydrogen-bond donors (Lipinski definition) is 0. The van der Waals surface area contributed by atoms with Crippen LogP contribution in [0.5, 0.6) is 0 Å². The number of rotatable bonds is 5. The van der Waals surface area contributed by atoms with Crippen LogP contribution in [-0.4, -0.2) is 46.8 Å². The van der Waals surface area contributed by atoms with Gasteiger partial charge in [-0.1, -0.05) is 0 Å². The number of anilines is 1. The van der Waals surface area contributed by atoms with Gasteiger partial charge in [0.05, 0.1) is 4.88 Å². The van der Waals surface area contributed by atoms with Crippen LogP contribution >= 0.6 is 11.3 Å². The van der Waals surface area contributed by atoms with Gasteiger partial charge in [-0.2, -0.15) is 0 Å². The SMILES string of the molecule is CC(=O)c1cc(CN2CC[C@H](C3CCN(c4ncccn4)CC3)C2)cs1. The highest BCUT2D eigenvalue weighted by Crippen LogP contribution is 2.33. The summed E-state index contributed by atoms with van der Waals surface area (Å²) in [5, 5.41) is 2.14. The molecule has 0 amide bonds. The highest BCUT2D eigenvalue weighted by Gasteiger charge is 2.32. The molecule has 2 aromatic rings. The lowest BCUT2D eigenvalue weighted by molar-refractivity contribution is 0.102. The van der Waals surface area contributed by atoms with E-state index in [1.807, 2.05) is 18.5 Å². The third kappa shape index (κ3) is 3.96. The second-order valence-electron chi connectivity index (χ2n) is 7.53. The van der Waals surface area contributed by atoms with Gasteiger partial charge in [0.15, 0.2) is 5.78 Å². The monoisotopic (exact) mass is 370 g/mol. The molecule has 138 valence electrons. The fourth-order valence-electron chi connectivity index (χ4n) is 4.32. The third-order valence-electron chi connectivity index (χ3n) is 5.76. The lowest BCUT2D eigenvalue weighted by Crippen LogP contribution is -2.37. The number of ketones is 1. The van der Waals surface area contributed by atoms with E-state index in [2.05, 4.69) is 31.2 Å². The molecule has 2 aliphatic rings. The molecule has 0 aliphatic carbocycles. The highest BCUT2D eigenvalue weighted by molar-refractivity contribution is 7.12. The second kappa shape index (κ2) is 7.84. The van der Waals surface area contributed by atoms with Crippen molar-refractivity contribution in [2.45, 2.75) is 32.7 Å². The summed E-state index contributed by atoms with van der Waals surface area (Å²) in [6, 6.07) is 3.94. The van der Waals surface area contributed by atoms with Crippen molar-refractivity contribution in [1.29, 1.82) is 0 Å². The molecule has 0 unspecified atom stereocenters. The maximum atomic E-state index is 11.5. The van der Waals surface area contributed by atoms with E-state index in [0.717, 1.165) is 42.3 Å². The maximum Gasteiger partial charge on any atom is 0.225 e. The van der Waals surface area contributed by atoms with E-state index < -0.39 is 0 Å². The number of likely N-dealkylation sites (tertiary alicyclic amines) is 1. The van der Waals surface area contributed by atoms with E-state index in [9.17, 15) is 4.79 Å². The van der Waals surface area contributed by atoms with E-state index in [1.165, 1.54) is 37.9 Å². The Morgan fingerprint density at radius 1 is 1.15 bits per heavy atom. The largest absolute Gasteiger partial charge is 0.341 e. The summed E-state index contributed by atoms with van der Waals surface area (Å²) in [5.74, 6) is 2.67. The summed E-state index contributed by atoms with van der Waals surface area (Å²) in [4.78, 5) is 26.0. The first-order chi connectivity index (χ1) is 12.7. The Morgan fingerprint density at radius 2 is 1.88 bits per heavy atom. The van der Waals surface area contributed by atoms with Crippen molar-refractivity contribution >= 4 is 23.1 Å². The summed E-state index contributed by atoms with van der Waals surface area (Å²) < 4.78 is 0. The summed E-state index contributed by atoms with van der Waals surface area (Å²) in [7, 11) is 0. The van der Waals surface area contributed by atoms with Crippen molar-refractivity contribution in [1.82, 2.24) is 14.9 Å². The highest BCUT2D eigenvalue weighted by atomic mass is 32.1. The number of aromatic nitrogens is 2. The lowest BCUT2D eigenvalue weighted by atomic mass is 9.84. The van der Waals surface area contributed by atoms with Gasteiger partial charge in [-0.05, 0) is 67.6 Å². The molecule has 4 heterocycles. The molecule has 6 heteroatoms. The van der Waals surface area contributed by atoms with E-state index in [-0.39, 0.29) is 5.78 Å². The van der Waals surface area contributed by atoms with Gasteiger partial charge in [-0.15, -0.1) is 11.3 Å². The average Bonchev–Trinajstić information content (AvgIpc) is 3.33. The maximum absolute atomic E-state index is 11.5. The molecule has 0 spiro atoms. The molecule has 0 aromatic carbocycles. The lowest BCUT2D eigenvalue weighted by Gasteiger charge is -2.34. The van der Waals surface area contributed by atoms with Crippen molar-refractivity contribution in [3.8, 4) is 0 Å². The molecule has 0 radical (unpaired) electrons. The zero-order valence-corrected chi connectivity index (χ0v) is 16.1. The first-order valence-electron chi connectivity index (χ1n) is 9.51. The molecule has 0 N–H and O–H groups in total. The van der Waals surface area contributed by atoms with Crippen LogP contribution in [0.4, 0.5) is 5.95 Å². The molecular weight excluding hydrogens is 344 g/mol. The van der Waals surface area contributed by atoms with Crippen LogP contribution in [0.25, 0.3) is 0 Å². The Kier molecular flexibility index (Phi) is 5.31. The van der Waals surface area contributed by atoms with E-state index in [0.29, 0.717) is 0 Å². The number of nitrogens with zero attached hydrogens (tertiary/aromatic N) is 4. The Hall–Kier alpha value is -1.79. The first-order valence-corrected chi connectivity index (χ1v) is 10.4. The van der Waals surface area contributed by atoms with Crippen LogP contribution in [0.3, 0.4) is 0 Å². The number of Topliss-reactive ketones (excluding diaryl/α,β-unsaturated/α-hetero) is 1.